The predicted octanol–water partition coefficient (Wildman–Crippen LogP) is 3.36. The molecule has 2 saturated heterocycles. The van der Waals surface area contributed by atoms with Crippen LogP contribution in [0.25, 0.3) is 10.9 Å². The number of aromatic amines is 1. The average molecular weight is 414 g/mol. The Balaban J connectivity index is 1.34. The van der Waals surface area contributed by atoms with Crippen LogP contribution in [-0.4, -0.2) is 66.6 Å². The third kappa shape index (κ3) is 3.25. The Hall–Kier alpha value is -1.92. The van der Waals surface area contributed by atoms with Crippen LogP contribution < -0.4 is 0 Å². The minimum atomic E-state index is -0.263. The summed E-state index contributed by atoms with van der Waals surface area (Å²) in [6.07, 6.45) is 1.50. The van der Waals surface area contributed by atoms with Crippen molar-refractivity contribution in [1.29, 1.82) is 0 Å². The van der Waals surface area contributed by atoms with Crippen molar-refractivity contribution in [1.82, 2.24) is 14.8 Å². The fourth-order valence-electron chi connectivity index (χ4n) is 6.58. The second-order valence-electron chi connectivity index (χ2n) is 10.3. The van der Waals surface area contributed by atoms with Crippen LogP contribution in [-0.2, 0) is 16.0 Å². The Morgan fingerprint density at radius 2 is 2.07 bits per heavy atom. The molecule has 6 heteroatoms. The highest BCUT2D eigenvalue weighted by atomic mass is 19.1. The molecule has 3 fully saturated rings. The molecule has 0 spiro atoms. The lowest BCUT2D eigenvalue weighted by atomic mass is 9.48. The molecule has 162 valence electrons. The molecule has 2 aliphatic heterocycles. The van der Waals surface area contributed by atoms with E-state index >= 15 is 0 Å². The number of benzene rings is 1. The minimum Gasteiger partial charge on any atom is -0.379 e. The van der Waals surface area contributed by atoms with Crippen molar-refractivity contribution < 1.29 is 13.9 Å². The molecule has 5 rings (SSSR count). The van der Waals surface area contributed by atoms with E-state index in [1.165, 1.54) is 18.6 Å². The van der Waals surface area contributed by atoms with Crippen LogP contribution in [0.2, 0.25) is 0 Å². The second kappa shape index (κ2) is 7.06. The fraction of sp³-hybridized carbons (Fsp3) is 0.625. The van der Waals surface area contributed by atoms with Crippen LogP contribution >= 0.6 is 0 Å². The van der Waals surface area contributed by atoms with E-state index in [1.807, 2.05) is 6.92 Å². The maximum Gasteiger partial charge on any atom is 0.227 e. The standard InChI is InChI=1S/C24H32FN3O2/c1-16-18(19-10-17(25)4-5-20(19)26-16)11-22(29)28-12-21-23(2,3)13-24(21,15-28)14-27-6-8-30-9-7-27/h4-5,10,21,26H,6-9,11-15H2,1-3H3/t21-,24+/m1/s1. The minimum absolute atomic E-state index is 0.162. The number of aryl methyl sites for hydroxylation is 1. The van der Waals surface area contributed by atoms with E-state index in [0.717, 1.165) is 68.1 Å². The lowest BCUT2D eigenvalue weighted by molar-refractivity contribution is -0.130. The molecule has 30 heavy (non-hydrogen) atoms. The number of rotatable bonds is 4. The Kier molecular flexibility index (Phi) is 4.71. The number of halogens is 1. The first-order chi connectivity index (χ1) is 14.3. The molecule has 0 bridgehead atoms. The summed E-state index contributed by atoms with van der Waals surface area (Å²) in [6.45, 7) is 13.0. The Labute approximate surface area is 177 Å². The molecule has 2 atom stereocenters. The smallest absolute Gasteiger partial charge is 0.227 e. The van der Waals surface area contributed by atoms with Crippen LogP contribution in [0.4, 0.5) is 4.39 Å². The van der Waals surface area contributed by atoms with Gasteiger partial charge in [0.1, 0.15) is 5.82 Å². The summed E-state index contributed by atoms with van der Waals surface area (Å²) in [5, 5.41) is 0.825. The summed E-state index contributed by atoms with van der Waals surface area (Å²) in [5.74, 6) is 0.439. The topological polar surface area (TPSA) is 48.6 Å². The maximum atomic E-state index is 13.8. The van der Waals surface area contributed by atoms with E-state index in [0.29, 0.717) is 12.3 Å². The van der Waals surface area contributed by atoms with Gasteiger partial charge in [-0.2, -0.15) is 0 Å². The Morgan fingerprint density at radius 1 is 1.30 bits per heavy atom. The van der Waals surface area contributed by atoms with Crippen molar-refractivity contribution >= 4 is 16.8 Å². The number of H-pyrrole nitrogens is 1. The van der Waals surface area contributed by atoms with E-state index in [-0.39, 0.29) is 22.6 Å². The molecule has 1 aromatic carbocycles. The number of nitrogens with zero attached hydrogens (tertiary/aromatic N) is 2. The van der Waals surface area contributed by atoms with Crippen molar-refractivity contribution in [3.05, 3.63) is 35.3 Å². The number of ether oxygens (including phenoxy) is 1. The summed E-state index contributed by atoms with van der Waals surface area (Å²) in [6, 6.07) is 4.75. The van der Waals surface area contributed by atoms with Crippen LogP contribution in [0.5, 0.6) is 0 Å². The van der Waals surface area contributed by atoms with E-state index in [2.05, 4.69) is 28.6 Å². The molecule has 0 radical (unpaired) electrons. The fourth-order valence-corrected chi connectivity index (χ4v) is 6.58. The highest BCUT2D eigenvalue weighted by Gasteiger charge is 2.63. The largest absolute Gasteiger partial charge is 0.379 e. The molecule has 3 aliphatic rings. The summed E-state index contributed by atoms with van der Waals surface area (Å²) in [7, 11) is 0. The molecule has 1 aromatic heterocycles. The number of hydrogen-bond donors (Lipinski definition) is 1. The number of amides is 1. The van der Waals surface area contributed by atoms with Crippen molar-refractivity contribution in [2.45, 2.75) is 33.6 Å². The number of nitrogens with one attached hydrogen (secondary N) is 1. The predicted molar refractivity (Wildman–Crippen MR) is 115 cm³/mol. The van der Waals surface area contributed by atoms with Crippen LogP contribution in [0.1, 0.15) is 31.5 Å². The molecule has 2 aromatic rings. The van der Waals surface area contributed by atoms with Gasteiger partial charge in [-0.15, -0.1) is 0 Å². The van der Waals surface area contributed by atoms with E-state index in [1.54, 1.807) is 6.07 Å². The molecule has 5 nitrogen and oxygen atoms in total. The summed E-state index contributed by atoms with van der Waals surface area (Å²) in [5.41, 5.74) is 3.26. The lowest BCUT2D eigenvalue weighted by Gasteiger charge is -2.58. The zero-order chi connectivity index (χ0) is 21.1. The number of aromatic nitrogens is 1. The molecular weight excluding hydrogens is 381 g/mol. The first kappa shape index (κ1) is 20.0. The van der Waals surface area contributed by atoms with Gasteiger partial charge in [-0.25, -0.2) is 4.39 Å². The number of morpholine rings is 1. The van der Waals surface area contributed by atoms with E-state index in [4.69, 9.17) is 4.74 Å². The van der Waals surface area contributed by atoms with Gasteiger partial charge in [-0.05, 0) is 48.4 Å². The molecule has 1 amide bonds. The zero-order valence-corrected chi connectivity index (χ0v) is 18.3. The van der Waals surface area contributed by atoms with E-state index in [9.17, 15) is 9.18 Å². The highest BCUT2D eigenvalue weighted by Crippen LogP contribution is 2.63. The molecule has 1 N–H and O–H groups in total. The number of carbonyl (C=O) groups excluding carboxylic acids is 1. The number of likely N-dealkylation sites (tertiary alicyclic amines) is 1. The summed E-state index contributed by atoms with van der Waals surface area (Å²) >= 11 is 0. The molecule has 1 saturated carbocycles. The molecular formula is C24H32FN3O2. The second-order valence-corrected chi connectivity index (χ2v) is 10.3. The monoisotopic (exact) mass is 413 g/mol. The number of hydrogen-bond acceptors (Lipinski definition) is 3. The average Bonchev–Trinajstić information content (AvgIpc) is 3.18. The van der Waals surface area contributed by atoms with Crippen molar-refractivity contribution in [3.63, 3.8) is 0 Å². The molecule has 3 heterocycles. The van der Waals surface area contributed by atoms with Gasteiger partial charge in [0.05, 0.1) is 19.6 Å². The van der Waals surface area contributed by atoms with Gasteiger partial charge in [-0.1, -0.05) is 13.8 Å². The highest BCUT2D eigenvalue weighted by molar-refractivity contribution is 5.90. The van der Waals surface area contributed by atoms with Crippen molar-refractivity contribution in [3.8, 4) is 0 Å². The Bertz CT molecular complexity index is 978. The number of carbonyl (C=O) groups is 1. The SMILES string of the molecule is Cc1[nH]c2ccc(F)cc2c1CC(=O)N1C[C@@H]2C(C)(C)C[C@]2(CN2CCOCC2)C1. The Morgan fingerprint density at radius 3 is 2.80 bits per heavy atom. The van der Waals surface area contributed by atoms with Gasteiger partial charge in [0.2, 0.25) is 5.91 Å². The lowest BCUT2D eigenvalue weighted by Crippen LogP contribution is -2.59. The summed E-state index contributed by atoms with van der Waals surface area (Å²) < 4.78 is 19.3. The molecule has 1 aliphatic carbocycles. The normalized spacial score (nSPS) is 28.5. The van der Waals surface area contributed by atoms with Gasteiger partial charge in [0.15, 0.2) is 0 Å². The van der Waals surface area contributed by atoms with Gasteiger partial charge in [0, 0.05) is 54.7 Å². The van der Waals surface area contributed by atoms with Gasteiger partial charge in [-0.3, -0.25) is 9.69 Å². The van der Waals surface area contributed by atoms with Crippen molar-refractivity contribution in [2.24, 2.45) is 16.7 Å². The third-order valence-corrected chi connectivity index (χ3v) is 7.80. The van der Waals surface area contributed by atoms with Crippen LogP contribution in [0.15, 0.2) is 18.2 Å². The van der Waals surface area contributed by atoms with Gasteiger partial charge in [0.25, 0.3) is 0 Å². The van der Waals surface area contributed by atoms with Crippen molar-refractivity contribution in [2.75, 3.05) is 45.9 Å². The number of fused-ring (bicyclic) bond motifs is 2. The van der Waals surface area contributed by atoms with Crippen LogP contribution in [0, 0.1) is 29.5 Å². The van der Waals surface area contributed by atoms with Gasteiger partial charge < -0.3 is 14.6 Å². The maximum absolute atomic E-state index is 13.8. The summed E-state index contributed by atoms with van der Waals surface area (Å²) in [4.78, 5) is 21.2. The molecule has 0 unspecified atom stereocenters. The third-order valence-electron chi connectivity index (χ3n) is 7.80. The quantitative estimate of drug-likeness (QED) is 0.836. The first-order valence-electron chi connectivity index (χ1n) is 11.1. The van der Waals surface area contributed by atoms with Gasteiger partial charge >= 0.3 is 0 Å². The van der Waals surface area contributed by atoms with E-state index < -0.39 is 0 Å². The first-order valence-corrected chi connectivity index (χ1v) is 11.1. The zero-order valence-electron chi connectivity index (χ0n) is 18.3. The van der Waals surface area contributed by atoms with Crippen LogP contribution in [0.3, 0.4) is 0 Å².